The SMILES string of the molecule is C=CCOc1cccc(/C=C2/SC(=O)N(CC(=O)Nc3ccc(CC)cc3)C2=O)c1. The summed E-state index contributed by atoms with van der Waals surface area (Å²) in [5.74, 6) is -0.280. The standard InChI is InChI=1S/C23H22N2O4S/c1-3-12-29-19-7-5-6-17(13-19)14-20-22(27)25(23(28)30-20)15-21(26)24-18-10-8-16(4-2)9-11-18/h3,5-11,13-14H,1,4,12,15H2,2H3,(H,24,26)/b20-14+. The maximum atomic E-state index is 12.6. The van der Waals surface area contributed by atoms with Crippen LogP contribution < -0.4 is 10.1 Å². The van der Waals surface area contributed by atoms with Gasteiger partial charge >= 0.3 is 0 Å². The molecule has 1 fully saturated rings. The topological polar surface area (TPSA) is 75.7 Å². The van der Waals surface area contributed by atoms with Gasteiger partial charge in [-0.3, -0.25) is 19.3 Å². The van der Waals surface area contributed by atoms with Gasteiger partial charge in [-0.2, -0.15) is 0 Å². The molecule has 154 valence electrons. The van der Waals surface area contributed by atoms with E-state index in [0.717, 1.165) is 34.2 Å². The molecule has 30 heavy (non-hydrogen) atoms. The molecule has 1 aliphatic rings. The number of aryl methyl sites for hydroxylation is 1. The van der Waals surface area contributed by atoms with E-state index in [0.29, 0.717) is 18.0 Å². The summed E-state index contributed by atoms with van der Waals surface area (Å²) in [7, 11) is 0. The summed E-state index contributed by atoms with van der Waals surface area (Å²) in [5, 5.41) is 2.24. The molecule has 1 heterocycles. The molecular formula is C23H22N2O4S. The van der Waals surface area contributed by atoms with Gasteiger partial charge in [0.2, 0.25) is 5.91 Å². The smallest absolute Gasteiger partial charge is 0.294 e. The summed E-state index contributed by atoms with van der Waals surface area (Å²) in [6.45, 7) is 5.69. The van der Waals surface area contributed by atoms with Crippen molar-refractivity contribution < 1.29 is 19.1 Å². The number of thioether (sulfide) groups is 1. The van der Waals surface area contributed by atoms with Gasteiger partial charge in [-0.25, -0.2) is 0 Å². The molecule has 0 saturated carbocycles. The normalized spacial score (nSPS) is 14.8. The highest BCUT2D eigenvalue weighted by Crippen LogP contribution is 2.32. The van der Waals surface area contributed by atoms with Crippen LogP contribution in [0.1, 0.15) is 18.1 Å². The number of nitrogens with zero attached hydrogens (tertiary/aromatic N) is 1. The molecule has 0 aliphatic carbocycles. The van der Waals surface area contributed by atoms with Gasteiger partial charge in [0.05, 0.1) is 4.91 Å². The quantitative estimate of drug-likeness (QED) is 0.501. The molecule has 0 atom stereocenters. The maximum absolute atomic E-state index is 12.6. The van der Waals surface area contributed by atoms with Crippen molar-refractivity contribution in [1.82, 2.24) is 4.90 Å². The Morgan fingerprint density at radius 3 is 2.67 bits per heavy atom. The highest BCUT2D eigenvalue weighted by Gasteiger charge is 2.36. The van der Waals surface area contributed by atoms with Crippen molar-refractivity contribution in [3.63, 3.8) is 0 Å². The van der Waals surface area contributed by atoms with Crippen LogP contribution in [0.5, 0.6) is 5.75 Å². The molecule has 0 unspecified atom stereocenters. The van der Waals surface area contributed by atoms with Crippen LogP contribution in [0.15, 0.2) is 66.1 Å². The fourth-order valence-electron chi connectivity index (χ4n) is 2.80. The van der Waals surface area contributed by atoms with Crippen LogP contribution in [-0.2, 0) is 16.0 Å². The van der Waals surface area contributed by atoms with Crippen molar-refractivity contribution in [1.29, 1.82) is 0 Å². The Labute approximate surface area is 179 Å². The summed E-state index contributed by atoms with van der Waals surface area (Å²) < 4.78 is 5.48. The Kier molecular flexibility index (Phi) is 7.08. The number of anilines is 1. The van der Waals surface area contributed by atoms with Crippen LogP contribution in [0.3, 0.4) is 0 Å². The molecule has 3 rings (SSSR count). The number of carbonyl (C=O) groups is 3. The number of nitrogens with one attached hydrogen (secondary N) is 1. The number of ether oxygens (including phenoxy) is 1. The average Bonchev–Trinajstić information content (AvgIpc) is 3.00. The second-order valence-corrected chi connectivity index (χ2v) is 7.53. The summed E-state index contributed by atoms with van der Waals surface area (Å²) in [5.41, 5.74) is 2.50. The fourth-order valence-corrected chi connectivity index (χ4v) is 3.64. The number of amides is 3. The third kappa shape index (κ3) is 5.39. The van der Waals surface area contributed by atoms with E-state index in [9.17, 15) is 14.4 Å². The van der Waals surface area contributed by atoms with Gasteiger partial charge in [-0.1, -0.05) is 43.8 Å². The molecule has 3 amide bonds. The van der Waals surface area contributed by atoms with Crippen LogP contribution in [0, 0.1) is 0 Å². The Morgan fingerprint density at radius 1 is 1.20 bits per heavy atom. The van der Waals surface area contributed by atoms with Crippen LogP contribution in [0.25, 0.3) is 6.08 Å². The van der Waals surface area contributed by atoms with Gasteiger partial charge in [0.1, 0.15) is 18.9 Å². The van der Waals surface area contributed by atoms with Crippen molar-refractivity contribution in [2.75, 3.05) is 18.5 Å². The first-order chi connectivity index (χ1) is 14.5. The first-order valence-corrected chi connectivity index (χ1v) is 10.3. The maximum Gasteiger partial charge on any atom is 0.294 e. The summed E-state index contributed by atoms with van der Waals surface area (Å²) in [4.78, 5) is 38.4. The Balaban J connectivity index is 1.65. The van der Waals surface area contributed by atoms with Gasteiger partial charge in [0.25, 0.3) is 11.1 Å². The number of hydrogen-bond donors (Lipinski definition) is 1. The van der Waals surface area contributed by atoms with Gasteiger partial charge in [0, 0.05) is 5.69 Å². The number of hydrogen-bond acceptors (Lipinski definition) is 5. The lowest BCUT2D eigenvalue weighted by atomic mass is 10.1. The number of carbonyl (C=O) groups excluding carboxylic acids is 3. The lowest BCUT2D eigenvalue weighted by Gasteiger charge is -2.12. The molecule has 0 bridgehead atoms. The first kappa shape index (κ1) is 21.4. The van der Waals surface area contributed by atoms with Gasteiger partial charge in [0.15, 0.2) is 0 Å². The van der Waals surface area contributed by atoms with Crippen LogP contribution in [-0.4, -0.2) is 35.1 Å². The zero-order valence-electron chi connectivity index (χ0n) is 16.6. The molecule has 6 nitrogen and oxygen atoms in total. The van der Waals surface area contributed by atoms with Crippen molar-refractivity contribution in [3.8, 4) is 5.75 Å². The third-order valence-electron chi connectivity index (χ3n) is 4.34. The molecule has 2 aromatic carbocycles. The van der Waals surface area contributed by atoms with E-state index in [4.69, 9.17) is 4.74 Å². The highest BCUT2D eigenvalue weighted by atomic mass is 32.2. The van der Waals surface area contributed by atoms with E-state index in [1.807, 2.05) is 19.1 Å². The molecule has 1 N–H and O–H groups in total. The monoisotopic (exact) mass is 422 g/mol. The van der Waals surface area contributed by atoms with E-state index in [1.54, 1.807) is 48.6 Å². The van der Waals surface area contributed by atoms with E-state index < -0.39 is 17.1 Å². The second-order valence-electron chi connectivity index (χ2n) is 6.54. The van der Waals surface area contributed by atoms with E-state index in [1.165, 1.54) is 0 Å². The second kappa shape index (κ2) is 9.93. The predicted octanol–water partition coefficient (Wildman–Crippen LogP) is 4.49. The van der Waals surface area contributed by atoms with Crippen LogP contribution in [0.4, 0.5) is 10.5 Å². The summed E-state index contributed by atoms with van der Waals surface area (Å²) in [6.07, 6.45) is 4.16. The lowest BCUT2D eigenvalue weighted by molar-refractivity contribution is -0.127. The number of rotatable bonds is 8. The minimum Gasteiger partial charge on any atom is -0.490 e. The predicted molar refractivity (Wildman–Crippen MR) is 119 cm³/mol. The minimum atomic E-state index is -0.487. The number of benzene rings is 2. The van der Waals surface area contributed by atoms with Crippen molar-refractivity contribution in [3.05, 3.63) is 77.2 Å². The molecule has 2 aromatic rings. The summed E-state index contributed by atoms with van der Waals surface area (Å²) in [6, 6.07) is 14.6. The Hall–Kier alpha value is -3.32. The zero-order chi connectivity index (χ0) is 21.5. The largest absolute Gasteiger partial charge is 0.490 e. The summed E-state index contributed by atoms with van der Waals surface area (Å²) >= 11 is 0.815. The van der Waals surface area contributed by atoms with Crippen molar-refractivity contribution >= 4 is 40.6 Å². The Morgan fingerprint density at radius 2 is 1.97 bits per heavy atom. The van der Waals surface area contributed by atoms with Gasteiger partial charge < -0.3 is 10.1 Å². The molecule has 0 radical (unpaired) electrons. The molecule has 1 aliphatic heterocycles. The molecule has 7 heteroatoms. The zero-order valence-corrected chi connectivity index (χ0v) is 17.4. The van der Waals surface area contributed by atoms with E-state index in [-0.39, 0.29) is 11.4 Å². The Bertz CT molecular complexity index is 999. The minimum absolute atomic E-state index is 0.265. The first-order valence-electron chi connectivity index (χ1n) is 9.48. The molecule has 1 saturated heterocycles. The third-order valence-corrected chi connectivity index (χ3v) is 5.25. The van der Waals surface area contributed by atoms with E-state index >= 15 is 0 Å². The number of imide groups is 1. The van der Waals surface area contributed by atoms with E-state index in [2.05, 4.69) is 11.9 Å². The van der Waals surface area contributed by atoms with Gasteiger partial charge in [-0.05, 0) is 59.7 Å². The van der Waals surface area contributed by atoms with Gasteiger partial charge in [-0.15, -0.1) is 0 Å². The van der Waals surface area contributed by atoms with Crippen molar-refractivity contribution in [2.45, 2.75) is 13.3 Å². The molecular weight excluding hydrogens is 400 g/mol. The van der Waals surface area contributed by atoms with Crippen LogP contribution in [0.2, 0.25) is 0 Å². The highest BCUT2D eigenvalue weighted by molar-refractivity contribution is 8.18. The van der Waals surface area contributed by atoms with Crippen molar-refractivity contribution in [2.24, 2.45) is 0 Å². The fraction of sp³-hybridized carbons (Fsp3) is 0.174. The van der Waals surface area contributed by atoms with Crippen LogP contribution >= 0.6 is 11.8 Å². The average molecular weight is 423 g/mol. The molecule has 0 aromatic heterocycles. The molecule has 0 spiro atoms. The lowest BCUT2D eigenvalue weighted by Crippen LogP contribution is -2.36.